The van der Waals surface area contributed by atoms with Crippen LogP contribution < -0.4 is 5.73 Å². The summed E-state index contributed by atoms with van der Waals surface area (Å²) in [5.41, 5.74) is 6.50. The Morgan fingerprint density at radius 1 is 1.59 bits per heavy atom. The Balaban J connectivity index is 1.97. The van der Waals surface area contributed by atoms with E-state index in [0.717, 1.165) is 18.7 Å². The first-order valence-corrected chi connectivity index (χ1v) is 6.20. The summed E-state index contributed by atoms with van der Waals surface area (Å²) in [7, 11) is 0. The number of rotatable bonds is 6. The van der Waals surface area contributed by atoms with E-state index < -0.39 is 0 Å². The average molecular weight is 253 g/mol. The normalized spacial score (nSPS) is 15.2. The van der Waals surface area contributed by atoms with Gasteiger partial charge in [0.05, 0.1) is 10.9 Å². The molecule has 0 aliphatic heterocycles. The topological polar surface area (TPSA) is 66.0 Å². The quantitative estimate of drug-likeness (QED) is 0.601. The van der Waals surface area contributed by atoms with E-state index in [0.29, 0.717) is 17.5 Å². The summed E-state index contributed by atoms with van der Waals surface area (Å²) in [6, 6.07) is 2.59. The fourth-order valence-electron chi connectivity index (χ4n) is 1.85. The van der Waals surface area contributed by atoms with Gasteiger partial charge in [-0.05, 0) is 24.5 Å². The van der Waals surface area contributed by atoms with Gasteiger partial charge in [-0.1, -0.05) is 11.6 Å². The van der Waals surface area contributed by atoms with Crippen LogP contribution in [0, 0.1) is 5.41 Å². The monoisotopic (exact) mass is 252 g/mol. The Morgan fingerprint density at radius 3 is 2.94 bits per heavy atom. The molecule has 5 heteroatoms. The smallest absolute Gasteiger partial charge is 0.0918 e. The highest BCUT2D eigenvalue weighted by atomic mass is 35.5. The molecule has 1 aliphatic carbocycles. The molecule has 0 radical (unpaired) electrons. The van der Waals surface area contributed by atoms with E-state index in [4.69, 9.17) is 22.7 Å². The lowest BCUT2D eigenvalue weighted by Gasteiger charge is -2.22. The van der Waals surface area contributed by atoms with Gasteiger partial charge in [-0.2, -0.15) is 0 Å². The third-order valence-corrected chi connectivity index (χ3v) is 3.30. The molecule has 4 nitrogen and oxygen atoms in total. The number of hydrogen-bond acceptors (Lipinski definition) is 3. The third kappa shape index (κ3) is 3.68. The second-order valence-corrected chi connectivity index (χ2v) is 4.85. The largest absolute Gasteiger partial charge is 0.388 e. The first-order valence-electron chi connectivity index (χ1n) is 5.82. The highest BCUT2D eigenvalue weighted by Gasteiger charge is 2.28. The predicted octanol–water partition coefficient (Wildman–Crippen LogP) is 2.03. The first-order chi connectivity index (χ1) is 8.16. The lowest BCUT2D eigenvalue weighted by molar-refractivity contribution is 0.262. The van der Waals surface area contributed by atoms with Gasteiger partial charge < -0.3 is 5.73 Å². The Morgan fingerprint density at radius 2 is 2.35 bits per heavy atom. The molecule has 0 amide bonds. The van der Waals surface area contributed by atoms with Crippen molar-refractivity contribution in [3.8, 4) is 0 Å². The van der Waals surface area contributed by atoms with Crippen molar-refractivity contribution < 1.29 is 0 Å². The maximum atomic E-state index is 7.29. The molecular weight excluding hydrogens is 236 g/mol. The molecule has 0 saturated heterocycles. The van der Waals surface area contributed by atoms with E-state index in [1.807, 2.05) is 6.07 Å². The van der Waals surface area contributed by atoms with Gasteiger partial charge >= 0.3 is 0 Å². The van der Waals surface area contributed by atoms with E-state index >= 15 is 0 Å². The van der Waals surface area contributed by atoms with Crippen molar-refractivity contribution in [3.63, 3.8) is 0 Å². The highest BCUT2D eigenvalue weighted by Crippen LogP contribution is 2.29. The zero-order chi connectivity index (χ0) is 12.3. The minimum atomic E-state index is 0.247. The van der Waals surface area contributed by atoms with Crippen LogP contribution in [0.15, 0.2) is 18.5 Å². The van der Waals surface area contributed by atoms with Crippen molar-refractivity contribution in [1.82, 2.24) is 9.88 Å². The Hall–Kier alpha value is -1.13. The number of nitrogens with two attached hydrogens (primary N) is 1. The van der Waals surface area contributed by atoms with Crippen LogP contribution in [0.3, 0.4) is 0 Å². The highest BCUT2D eigenvalue weighted by molar-refractivity contribution is 6.31. The summed E-state index contributed by atoms with van der Waals surface area (Å²) in [6.07, 6.45) is 6.53. The minimum Gasteiger partial charge on any atom is -0.388 e. The minimum absolute atomic E-state index is 0.247. The summed E-state index contributed by atoms with van der Waals surface area (Å²) in [5, 5.41) is 8.00. The number of nitrogens with zero attached hydrogens (tertiary/aromatic N) is 2. The number of halogens is 1. The van der Waals surface area contributed by atoms with Gasteiger partial charge in [0.25, 0.3) is 0 Å². The SMILES string of the molecule is N=C(N)CCN(Cc1ccncc1Cl)C1CC1. The lowest BCUT2D eigenvalue weighted by Crippen LogP contribution is -2.29. The Labute approximate surface area is 106 Å². The molecule has 0 bridgehead atoms. The van der Waals surface area contributed by atoms with Crippen LogP contribution in [0.1, 0.15) is 24.8 Å². The summed E-state index contributed by atoms with van der Waals surface area (Å²) >= 11 is 6.10. The zero-order valence-electron chi connectivity index (χ0n) is 9.69. The van der Waals surface area contributed by atoms with Crippen LogP contribution in [-0.2, 0) is 6.54 Å². The van der Waals surface area contributed by atoms with Crippen molar-refractivity contribution >= 4 is 17.4 Å². The van der Waals surface area contributed by atoms with Crippen molar-refractivity contribution in [3.05, 3.63) is 29.0 Å². The van der Waals surface area contributed by atoms with Gasteiger partial charge in [0, 0.05) is 37.9 Å². The standard InChI is InChI=1S/C12H17ClN4/c13-11-7-16-5-3-9(11)8-17(10-1-2-10)6-4-12(14)15/h3,5,7,10H,1-2,4,6,8H2,(H3,14,15). The van der Waals surface area contributed by atoms with E-state index in [9.17, 15) is 0 Å². The van der Waals surface area contributed by atoms with Gasteiger partial charge in [-0.3, -0.25) is 15.3 Å². The molecular formula is C12H17ClN4. The maximum absolute atomic E-state index is 7.29. The molecule has 1 aromatic heterocycles. The summed E-state index contributed by atoms with van der Waals surface area (Å²) in [6.45, 7) is 1.65. The average Bonchev–Trinajstić information content (AvgIpc) is 3.10. The molecule has 1 heterocycles. The molecule has 0 unspecified atom stereocenters. The molecule has 1 aliphatic rings. The third-order valence-electron chi connectivity index (χ3n) is 2.96. The van der Waals surface area contributed by atoms with Gasteiger partial charge in [-0.15, -0.1) is 0 Å². The number of hydrogen-bond donors (Lipinski definition) is 2. The fourth-order valence-corrected chi connectivity index (χ4v) is 2.02. The van der Waals surface area contributed by atoms with Gasteiger partial charge in [0.15, 0.2) is 0 Å². The molecule has 1 aromatic rings. The van der Waals surface area contributed by atoms with Gasteiger partial charge in [0.2, 0.25) is 0 Å². The molecule has 3 N–H and O–H groups in total. The summed E-state index contributed by atoms with van der Waals surface area (Å²) in [5.74, 6) is 0.247. The van der Waals surface area contributed by atoms with Crippen molar-refractivity contribution in [2.24, 2.45) is 5.73 Å². The van der Waals surface area contributed by atoms with Crippen molar-refractivity contribution in [2.45, 2.75) is 31.8 Å². The van der Waals surface area contributed by atoms with Crippen LogP contribution in [0.2, 0.25) is 5.02 Å². The number of nitrogens with one attached hydrogen (secondary N) is 1. The molecule has 2 rings (SSSR count). The van der Waals surface area contributed by atoms with Crippen molar-refractivity contribution in [2.75, 3.05) is 6.54 Å². The molecule has 17 heavy (non-hydrogen) atoms. The summed E-state index contributed by atoms with van der Waals surface area (Å²) in [4.78, 5) is 6.33. The fraction of sp³-hybridized carbons (Fsp3) is 0.500. The lowest BCUT2D eigenvalue weighted by atomic mass is 10.2. The van der Waals surface area contributed by atoms with E-state index in [1.165, 1.54) is 12.8 Å². The van der Waals surface area contributed by atoms with Crippen molar-refractivity contribution in [1.29, 1.82) is 5.41 Å². The van der Waals surface area contributed by atoms with Crippen LogP contribution in [-0.4, -0.2) is 28.3 Å². The van der Waals surface area contributed by atoms with Crippen LogP contribution in [0.25, 0.3) is 0 Å². The van der Waals surface area contributed by atoms with Crippen LogP contribution in [0.5, 0.6) is 0 Å². The number of aromatic nitrogens is 1. The van der Waals surface area contributed by atoms with Gasteiger partial charge in [-0.25, -0.2) is 0 Å². The Bertz CT molecular complexity index is 403. The Kier molecular flexibility index (Phi) is 3.97. The molecule has 1 fully saturated rings. The van der Waals surface area contributed by atoms with E-state index in [1.54, 1.807) is 12.4 Å². The second kappa shape index (κ2) is 5.47. The van der Waals surface area contributed by atoms with Crippen LogP contribution in [0.4, 0.5) is 0 Å². The number of pyridine rings is 1. The first kappa shape index (κ1) is 12.3. The van der Waals surface area contributed by atoms with E-state index in [2.05, 4.69) is 9.88 Å². The molecule has 0 aromatic carbocycles. The van der Waals surface area contributed by atoms with Crippen LogP contribution >= 0.6 is 11.6 Å². The maximum Gasteiger partial charge on any atom is 0.0918 e. The molecule has 0 atom stereocenters. The molecule has 1 saturated carbocycles. The predicted molar refractivity (Wildman–Crippen MR) is 69.2 cm³/mol. The van der Waals surface area contributed by atoms with Gasteiger partial charge in [0.1, 0.15) is 0 Å². The molecule has 0 spiro atoms. The number of amidine groups is 1. The summed E-state index contributed by atoms with van der Waals surface area (Å²) < 4.78 is 0. The van der Waals surface area contributed by atoms with E-state index in [-0.39, 0.29) is 5.84 Å². The molecule has 92 valence electrons. The zero-order valence-corrected chi connectivity index (χ0v) is 10.5. The second-order valence-electron chi connectivity index (χ2n) is 4.44.